The second-order valence-corrected chi connectivity index (χ2v) is 7.96. The first-order valence-electron chi connectivity index (χ1n) is 9.22. The normalized spacial score (nSPS) is 11.0. The van der Waals surface area contributed by atoms with Crippen LogP contribution in [0.4, 0.5) is 5.69 Å². The molecule has 0 aliphatic rings. The van der Waals surface area contributed by atoms with E-state index in [2.05, 4.69) is 5.32 Å². The number of carbonyl (C=O) groups excluding carboxylic acids is 1. The zero-order chi connectivity index (χ0) is 22.4. The van der Waals surface area contributed by atoms with Gasteiger partial charge >= 0.3 is 0 Å². The Bertz CT molecular complexity index is 1200. The summed E-state index contributed by atoms with van der Waals surface area (Å²) in [6.07, 6.45) is 1.45. The topological polar surface area (TPSA) is 62.1 Å². The third kappa shape index (κ3) is 6.26. The average molecular weight is 472 g/mol. The first-order valence-corrected chi connectivity index (χ1v) is 10.3. The molecule has 0 aromatic heterocycles. The fraction of sp³-hybridized carbons (Fsp3) is 0.0833. The summed E-state index contributed by atoms with van der Waals surface area (Å²) in [6.45, 7) is 2.14. The summed E-state index contributed by atoms with van der Waals surface area (Å²) in [5.41, 5.74) is 2.84. The van der Waals surface area contributed by atoms with Crippen molar-refractivity contribution in [1.82, 2.24) is 0 Å². The molecule has 0 saturated carbocycles. The second-order valence-electron chi connectivity index (χ2n) is 6.71. The molecular weight excluding hydrogens is 455 g/mol. The molecule has 0 fully saturated rings. The molecule has 1 amide bonds. The molecule has 4 nitrogen and oxygen atoms in total. The molecule has 156 valence electrons. The summed E-state index contributed by atoms with van der Waals surface area (Å²) in [5, 5.41) is 13.6. The second kappa shape index (κ2) is 10.4. The van der Waals surface area contributed by atoms with E-state index in [1.165, 1.54) is 6.08 Å². The maximum Gasteiger partial charge on any atom is 0.266 e. The highest BCUT2D eigenvalue weighted by atomic mass is 35.5. The van der Waals surface area contributed by atoms with Crippen molar-refractivity contribution in [3.63, 3.8) is 0 Å². The van der Waals surface area contributed by atoms with E-state index in [0.717, 1.165) is 11.1 Å². The minimum atomic E-state index is -0.525. The van der Waals surface area contributed by atoms with Crippen molar-refractivity contribution in [2.24, 2.45) is 0 Å². The van der Waals surface area contributed by atoms with Gasteiger partial charge in [0.25, 0.3) is 5.91 Å². The summed E-state index contributed by atoms with van der Waals surface area (Å²) in [4.78, 5) is 12.6. The first-order chi connectivity index (χ1) is 14.9. The van der Waals surface area contributed by atoms with Gasteiger partial charge in [-0.1, -0.05) is 53.0 Å². The number of amides is 1. The van der Waals surface area contributed by atoms with Crippen molar-refractivity contribution in [1.29, 1.82) is 5.26 Å². The van der Waals surface area contributed by atoms with Crippen molar-refractivity contribution < 1.29 is 9.53 Å². The van der Waals surface area contributed by atoms with E-state index in [1.54, 1.807) is 42.5 Å². The van der Waals surface area contributed by atoms with E-state index in [0.29, 0.717) is 32.1 Å². The van der Waals surface area contributed by atoms with Crippen molar-refractivity contribution in [3.05, 3.63) is 98.0 Å². The third-order valence-electron chi connectivity index (χ3n) is 4.29. The van der Waals surface area contributed by atoms with Crippen LogP contribution in [0.15, 0.2) is 66.2 Å². The largest absolute Gasteiger partial charge is 0.488 e. The SMILES string of the molecule is Cc1cccc(NC(=O)/C(C#N)=C/c2cc(Cl)ccc2OCc2ccc(Cl)c(Cl)c2)c1. The van der Waals surface area contributed by atoms with Crippen molar-refractivity contribution >= 4 is 52.5 Å². The Balaban J connectivity index is 1.83. The van der Waals surface area contributed by atoms with Crippen LogP contribution in [0.5, 0.6) is 5.75 Å². The van der Waals surface area contributed by atoms with Gasteiger partial charge in [-0.2, -0.15) is 5.26 Å². The fourth-order valence-electron chi connectivity index (χ4n) is 2.78. The van der Waals surface area contributed by atoms with E-state index in [-0.39, 0.29) is 12.2 Å². The summed E-state index contributed by atoms with van der Waals surface area (Å²) in [6, 6.07) is 19.4. The number of hydrogen-bond donors (Lipinski definition) is 1. The average Bonchev–Trinajstić information content (AvgIpc) is 2.73. The quantitative estimate of drug-likeness (QED) is 0.308. The smallest absolute Gasteiger partial charge is 0.266 e. The number of rotatable bonds is 6. The summed E-state index contributed by atoms with van der Waals surface area (Å²) in [7, 11) is 0. The van der Waals surface area contributed by atoms with Gasteiger partial charge in [-0.05, 0) is 66.6 Å². The van der Waals surface area contributed by atoms with Gasteiger partial charge in [0, 0.05) is 16.3 Å². The van der Waals surface area contributed by atoms with Gasteiger partial charge in [-0.25, -0.2) is 0 Å². The van der Waals surface area contributed by atoms with Crippen LogP contribution in [-0.2, 0) is 11.4 Å². The van der Waals surface area contributed by atoms with Crippen molar-refractivity contribution in [3.8, 4) is 11.8 Å². The van der Waals surface area contributed by atoms with Crippen LogP contribution in [0.1, 0.15) is 16.7 Å². The van der Waals surface area contributed by atoms with Gasteiger partial charge in [0.05, 0.1) is 10.0 Å². The lowest BCUT2D eigenvalue weighted by molar-refractivity contribution is -0.112. The zero-order valence-electron chi connectivity index (χ0n) is 16.5. The lowest BCUT2D eigenvalue weighted by atomic mass is 10.1. The molecule has 0 unspecified atom stereocenters. The lowest BCUT2D eigenvalue weighted by Crippen LogP contribution is -2.13. The number of nitriles is 1. The molecular formula is C24H17Cl3N2O2. The molecule has 0 atom stereocenters. The van der Waals surface area contributed by atoms with E-state index in [1.807, 2.05) is 31.2 Å². The molecule has 0 aliphatic carbocycles. The predicted molar refractivity (Wildman–Crippen MR) is 126 cm³/mol. The molecule has 3 rings (SSSR count). The Labute approximate surface area is 195 Å². The molecule has 0 aliphatic heterocycles. The third-order valence-corrected chi connectivity index (χ3v) is 5.27. The Morgan fingerprint density at radius 2 is 1.87 bits per heavy atom. The minimum absolute atomic E-state index is 0.0804. The summed E-state index contributed by atoms with van der Waals surface area (Å²) >= 11 is 18.1. The van der Waals surface area contributed by atoms with Gasteiger partial charge in [0.15, 0.2) is 0 Å². The molecule has 1 N–H and O–H groups in total. The lowest BCUT2D eigenvalue weighted by Gasteiger charge is -2.11. The van der Waals surface area contributed by atoms with Gasteiger partial charge < -0.3 is 10.1 Å². The molecule has 0 saturated heterocycles. The number of hydrogen-bond acceptors (Lipinski definition) is 3. The number of carbonyl (C=O) groups is 1. The maximum absolute atomic E-state index is 12.6. The minimum Gasteiger partial charge on any atom is -0.488 e. The molecule has 0 radical (unpaired) electrons. The highest BCUT2D eigenvalue weighted by Crippen LogP contribution is 2.28. The monoisotopic (exact) mass is 470 g/mol. The van der Waals surface area contributed by atoms with Crippen LogP contribution >= 0.6 is 34.8 Å². The van der Waals surface area contributed by atoms with Crippen LogP contribution in [0.3, 0.4) is 0 Å². The number of halogens is 3. The fourth-order valence-corrected chi connectivity index (χ4v) is 3.28. The molecule has 3 aromatic rings. The Kier molecular flexibility index (Phi) is 7.59. The highest BCUT2D eigenvalue weighted by molar-refractivity contribution is 6.42. The Morgan fingerprint density at radius 3 is 2.58 bits per heavy atom. The number of aryl methyl sites for hydroxylation is 1. The number of nitrogens with one attached hydrogen (secondary N) is 1. The van der Waals surface area contributed by atoms with Crippen LogP contribution in [0, 0.1) is 18.3 Å². The van der Waals surface area contributed by atoms with Gasteiger partial charge in [0.1, 0.15) is 24.0 Å². The maximum atomic E-state index is 12.6. The number of nitrogens with zero attached hydrogens (tertiary/aromatic N) is 1. The predicted octanol–water partition coefficient (Wildman–Crippen LogP) is 7.08. The highest BCUT2D eigenvalue weighted by Gasteiger charge is 2.12. The summed E-state index contributed by atoms with van der Waals surface area (Å²) < 4.78 is 5.89. The molecule has 7 heteroatoms. The van der Waals surface area contributed by atoms with Crippen LogP contribution < -0.4 is 10.1 Å². The molecule has 0 spiro atoms. The Hall–Kier alpha value is -2.97. The van der Waals surface area contributed by atoms with E-state index in [4.69, 9.17) is 39.5 Å². The number of anilines is 1. The van der Waals surface area contributed by atoms with Gasteiger partial charge in [-0.3, -0.25) is 4.79 Å². The van der Waals surface area contributed by atoms with Crippen molar-refractivity contribution in [2.75, 3.05) is 5.32 Å². The van der Waals surface area contributed by atoms with E-state index < -0.39 is 5.91 Å². The van der Waals surface area contributed by atoms with Crippen LogP contribution in [-0.4, -0.2) is 5.91 Å². The van der Waals surface area contributed by atoms with Gasteiger partial charge in [0.2, 0.25) is 0 Å². The summed E-state index contributed by atoms with van der Waals surface area (Å²) in [5.74, 6) is -0.0601. The van der Waals surface area contributed by atoms with E-state index in [9.17, 15) is 10.1 Å². The van der Waals surface area contributed by atoms with Gasteiger partial charge in [-0.15, -0.1) is 0 Å². The number of ether oxygens (including phenoxy) is 1. The number of benzene rings is 3. The molecule has 0 bridgehead atoms. The standard InChI is InChI=1S/C24H17Cl3N2O2/c1-15-3-2-4-20(9-15)29-24(30)18(13-28)11-17-12-19(25)6-8-23(17)31-14-16-5-7-21(26)22(27)10-16/h2-12H,14H2,1H3,(H,29,30)/b18-11+. The van der Waals surface area contributed by atoms with Crippen LogP contribution in [0.2, 0.25) is 15.1 Å². The van der Waals surface area contributed by atoms with E-state index >= 15 is 0 Å². The molecule has 31 heavy (non-hydrogen) atoms. The Morgan fingerprint density at radius 1 is 1.06 bits per heavy atom. The molecule has 0 heterocycles. The van der Waals surface area contributed by atoms with Crippen LogP contribution in [0.25, 0.3) is 6.08 Å². The first kappa shape index (κ1) is 22.7. The van der Waals surface area contributed by atoms with Crippen molar-refractivity contribution in [2.45, 2.75) is 13.5 Å². The molecule has 3 aromatic carbocycles. The zero-order valence-corrected chi connectivity index (χ0v) is 18.7.